The lowest BCUT2D eigenvalue weighted by atomic mass is 10.1. The standard InChI is InChI=1S/C23H28N2O4S2/c1-17-11-12-20-21(15-17)29-22(23(26)24-13-14-30-18-7-5-6-8-18)16-25(20)31(27,28)19-9-3-2-4-10-19/h2-4,9-12,15,18,22H,5-8,13-14,16H2,1H3,(H,24,26)/t22-/m0/s1. The number of nitrogens with one attached hydrogen (secondary N) is 1. The minimum absolute atomic E-state index is 0.0606. The third-order valence-electron chi connectivity index (χ3n) is 5.67. The maximum absolute atomic E-state index is 13.3. The van der Waals surface area contributed by atoms with E-state index in [1.165, 1.54) is 30.0 Å². The number of hydrogen-bond donors (Lipinski definition) is 1. The van der Waals surface area contributed by atoms with E-state index in [-0.39, 0.29) is 17.3 Å². The number of hydrogen-bond acceptors (Lipinski definition) is 5. The van der Waals surface area contributed by atoms with E-state index >= 15 is 0 Å². The second kappa shape index (κ2) is 9.53. The molecule has 6 nitrogen and oxygen atoms in total. The number of carbonyl (C=O) groups excluding carboxylic acids is 1. The van der Waals surface area contributed by atoms with Crippen LogP contribution in [0, 0.1) is 6.92 Å². The van der Waals surface area contributed by atoms with Crippen molar-refractivity contribution >= 4 is 33.4 Å². The number of anilines is 1. The van der Waals surface area contributed by atoms with Crippen molar-refractivity contribution in [2.45, 2.75) is 48.9 Å². The van der Waals surface area contributed by atoms with Crippen molar-refractivity contribution in [2.75, 3.05) is 23.1 Å². The van der Waals surface area contributed by atoms with Crippen molar-refractivity contribution in [3.05, 3.63) is 54.1 Å². The first-order valence-electron chi connectivity index (χ1n) is 10.7. The van der Waals surface area contributed by atoms with Crippen LogP contribution in [0.15, 0.2) is 53.4 Å². The SMILES string of the molecule is Cc1ccc2c(c1)O[C@H](C(=O)NCCSC1CCCC1)CN2S(=O)(=O)c1ccccc1. The summed E-state index contributed by atoms with van der Waals surface area (Å²) < 4.78 is 33.9. The molecular weight excluding hydrogens is 432 g/mol. The summed E-state index contributed by atoms with van der Waals surface area (Å²) in [4.78, 5) is 13.0. The first-order valence-corrected chi connectivity index (χ1v) is 13.2. The Bertz CT molecular complexity index is 1020. The quantitative estimate of drug-likeness (QED) is 0.637. The van der Waals surface area contributed by atoms with Crippen LogP contribution in [0.4, 0.5) is 5.69 Å². The number of ether oxygens (including phenoxy) is 1. The van der Waals surface area contributed by atoms with Crippen LogP contribution >= 0.6 is 11.8 Å². The first-order chi connectivity index (χ1) is 14.9. The van der Waals surface area contributed by atoms with Gasteiger partial charge in [0.2, 0.25) is 0 Å². The Morgan fingerprint density at radius 1 is 1.16 bits per heavy atom. The number of fused-ring (bicyclic) bond motifs is 1. The molecule has 0 saturated heterocycles. The van der Waals surface area contributed by atoms with Crippen molar-refractivity contribution in [3.63, 3.8) is 0 Å². The highest BCUT2D eigenvalue weighted by molar-refractivity contribution is 7.99. The minimum atomic E-state index is -3.82. The summed E-state index contributed by atoms with van der Waals surface area (Å²) in [5, 5.41) is 3.63. The fourth-order valence-corrected chi connectivity index (χ4v) is 6.73. The van der Waals surface area contributed by atoms with E-state index in [2.05, 4.69) is 5.32 Å². The monoisotopic (exact) mass is 460 g/mol. The molecule has 0 spiro atoms. The van der Waals surface area contributed by atoms with Crippen LogP contribution in [-0.4, -0.2) is 44.5 Å². The van der Waals surface area contributed by atoms with Gasteiger partial charge in [0.15, 0.2) is 6.10 Å². The smallest absolute Gasteiger partial charge is 0.264 e. The molecule has 0 unspecified atom stereocenters. The highest BCUT2D eigenvalue weighted by Crippen LogP contribution is 2.37. The normalized spacial score (nSPS) is 19.0. The zero-order valence-corrected chi connectivity index (χ0v) is 19.3. The fourth-order valence-electron chi connectivity index (χ4n) is 4.01. The van der Waals surface area contributed by atoms with Gasteiger partial charge in [0.25, 0.3) is 15.9 Å². The summed E-state index contributed by atoms with van der Waals surface area (Å²) in [5.41, 5.74) is 1.39. The Kier molecular flexibility index (Phi) is 6.77. The number of thioether (sulfide) groups is 1. The van der Waals surface area contributed by atoms with Crippen LogP contribution in [0.25, 0.3) is 0 Å². The van der Waals surface area contributed by atoms with E-state index in [1.807, 2.05) is 24.8 Å². The number of benzene rings is 2. The summed E-state index contributed by atoms with van der Waals surface area (Å²) in [6, 6.07) is 13.6. The Morgan fingerprint density at radius 3 is 2.65 bits per heavy atom. The molecule has 1 fully saturated rings. The average molecular weight is 461 g/mol. The van der Waals surface area contributed by atoms with Gasteiger partial charge in [-0.15, -0.1) is 0 Å². The largest absolute Gasteiger partial charge is 0.476 e. The topological polar surface area (TPSA) is 75.7 Å². The maximum atomic E-state index is 13.3. The number of aryl methyl sites for hydroxylation is 1. The van der Waals surface area contributed by atoms with Crippen LogP contribution in [0.2, 0.25) is 0 Å². The fraction of sp³-hybridized carbons (Fsp3) is 0.435. The van der Waals surface area contributed by atoms with Gasteiger partial charge in [-0.2, -0.15) is 11.8 Å². The predicted molar refractivity (Wildman–Crippen MR) is 124 cm³/mol. The van der Waals surface area contributed by atoms with Gasteiger partial charge in [-0.05, 0) is 49.6 Å². The summed E-state index contributed by atoms with van der Waals surface area (Å²) in [7, 11) is -3.82. The number of amides is 1. The molecule has 2 aromatic carbocycles. The lowest BCUT2D eigenvalue weighted by Gasteiger charge is -2.35. The molecule has 1 aliphatic heterocycles. The second-order valence-electron chi connectivity index (χ2n) is 8.00. The van der Waals surface area contributed by atoms with Crippen molar-refractivity contribution in [1.82, 2.24) is 5.32 Å². The Morgan fingerprint density at radius 2 is 1.90 bits per heavy atom. The summed E-state index contributed by atoms with van der Waals surface area (Å²) >= 11 is 1.90. The van der Waals surface area contributed by atoms with Crippen LogP contribution in [0.3, 0.4) is 0 Å². The molecule has 1 saturated carbocycles. The highest BCUT2D eigenvalue weighted by atomic mass is 32.2. The maximum Gasteiger partial charge on any atom is 0.264 e. The average Bonchev–Trinajstić information content (AvgIpc) is 3.29. The molecule has 166 valence electrons. The molecule has 1 N–H and O–H groups in total. The van der Waals surface area contributed by atoms with Gasteiger partial charge in [0.05, 0.1) is 17.1 Å². The minimum Gasteiger partial charge on any atom is -0.476 e. The van der Waals surface area contributed by atoms with Crippen molar-refractivity contribution in [3.8, 4) is 5.75 Å². The van der Waals surface area contributed by atoms with E-state index < -0.39 is 16.1 Å². The van der Waals surface area contributed by atoms with E-state index in [0.29, 0.717) is 23.2 Å². The third kappa shape index (κ3) is 5.01. The first kappa shape index (κ1) is 22.0. The Balaban J connectivity index is 1.49. The van der Waals surface area contributed by atoms with Crippen molar-refractivity contribution < 1.29 is 17.9 Å². The summed E-state index contributed by atoms with van der Waals surface area (Å²) in [6.07, 6.45) is 4.21. The molecule has 4 rings (SSSR count). The van der Waals surface area contributed by atoms with Gasteiger partial charge in [-0.25, -0.2) is 8.42 Å². The molecule has 1 amide bonds. The van der Waals surface area contributed by atoms with Crippen LogP contribution in [-0.2, 0) is 14.8 Å². The molecule has 2 aromatic rings. The molecular formula is C23H28N2O4S2. The molecule has 8 heteroatoms. The highest BCUT2D eigenvalue weighted by Gasteiger charge is 2.37. The number of nitrogens with zero attached hydrogens (tertiary/aromatic N) is 1. The predicted octanol–water partition coefficient (Wildman–Crippen LogP) is 3.74. The molecule has 0 bridgehead atoms. The third-order valence-corrected chi connectivity index (χ3v) is 8.84. The zero-order valence-electron chi connectivity index (χ0n) is 17.6. The van der Waals surface area contributed by atoms with E-state index in [1.54, 1.807) is 42.5 Å². The molecule has 0 radical (unpaired) electrons. The van der Waals surface area contributed by atoms with Gasteiger partial charge < -0.3 is 10.1 Å². The Labute approximate surface area is 188 Å². The number of sulfonamides is 1. The van der Waals surface area contributed by atoms with Crippen molar-refractivity contribution in [1.29, 1.82) is 0 Å². The lowest BCUT2D eigenvalue weighted by Crippen LogP contribution is -2.51. The van der Waals surface area contributed by atoms with Crippen LogP contribution < -0.4 is 14.4 Å². The van der Waals surface area contributed by atoms with Gasteiger partial charge in [0, 0.05) is 17.5 Å². The van der Waals surface area contributed by atoms with Gasteiger partial charge >= 0.3 is 0 Å². The lowest BCUT2D eigenvalue weighted by molar-refractivity contribution is -0.127. The molecule has 2 aliphatic rings. The van der Waals surface area contributed by atoms with E-state index in [4.69, 9.17) is 4.74 Å². The Hall–Kier alpha value is -2.19. The van der Waals surface area contributed by atoms with Crippen LogP contribution in [0.5, 0.6) is 5.75 Å². The van der Waals surface area contributed by atoms with E-state index in [0.717, 1.165) is 11.3 Å². The molecule has 1 aliphatic carbocycles. The van der Waals surface area contributed by atoms with Crippen LogP contribution in [0.1, 0.15) is 31.2 Å². The summed E-state index contributed by atoms with van der Waals surface area (Å²) in [5.74, 6) is 0.976. The van der Waals surface area contributed by atoms with Gasteiger partial charge in [0.1, 0.15) is 5.75 Å². The second-order valence-corrected chi connectivity index (χ2v) is 11.3. The van der Waals surface area contributed by atoms with E-state index in [9.17, 15) is 13.2 Å². The molecule has 0 aromatic heterocycles. The molecule has 31 heavy (non-hydrogen) atoms. The molecule has 1 heterocycles. The molecule has 1 atom stereocenters. The number of carbonyl (C=O) groups is 1. The van der Waals surface area contributed by atoms with Crippen molar-refractivity contribution in [2.24, 2.45) is 0 Å². The number of rotatable bonds is 7. The van der Waals surface area contributed by atoms with Gasteiger partial charge in [-0.3, -0.25) is 9.10 Å². The van der Waals surface area contributed by atoms with Gasteiger partial charge in [-0.1, -0.05) is 37.1 Å². The zero-order chi connectivity index (χ0) is 21.8. The summed E-state index contributed by atoms with van der Waals surface area (Å²) in [6.45, 7) is 2.39.